The van der Waals surface area contributed by atoms with Gasteiger partial charge in [-0.15, -0.1) is 11.6 Å². The Morgan fingerprint density at radius 2 is 1.67 bits per heavy atom. The maximum absolute atomic E-state index is 13.9. The third-order valence-corrected chi connectivity index (χ3v) is 10.1. The molecule has 1 saturated carbocycles. The average molecular weight is 621 g/mol. The van der Waals surface area contributed by atoms with Crippen LogP contribution in [-0.4, -0.2) is 25.2 Å². The number of fused-ring (bicyclic) bond motifs is 1. The zero-order valence-electron chi connectivity index (χ0n) is 23.1. The Hall–Kier alpha value is -3.04. The highest BCUT2D eigenvalue weighted by molar-refractivity contribution is 7.95. The number of carbonyl (C=O) groups is 1. The SMILES string of the molecule is CC1(Cl)C=CC(S(=O)(=O)c2c(C(=O)C3CCCCC(Oc4ccc(C(F)(F)F)cc4)CCC3)oc3ccccc23)=CC1. The molecular weight excluding hydrogens is 589 g/mol. The maximum Gasteiger partial charge on any atom is 0.416 e. The van der Waals surface area contributed by atoms with Crippen molar-refractivity contribution in [1.82, 2.24) is 0 Å². The third-order valence-electron chi connectivity index (χ3n) is 7.91. The van der Waals surface area contributed by atoms with Gasteiger partial charge in [0.1, 0.15) is 16.2 Å². The van der Waals surface area contributed by atoms with Crippen LogP contribution in [0.5, 0.6) is 5.75 Å². The molecule has 0 radical (unpaired) electrons. The van der Waals surface area contributed by atoms with E-state index in [9.17, 15) is 26.4 Å². The molecule has 3 unspecified atom stereocenters. The molecule has 5 nitrogen and oxygen atoms in total. The topological polar surface area (TPSA) is 73.6 Å². The number of sulfone groups is 1. The summed E-state index contributed by atoms with van der Waals surface area (Å²) in [5, 5.41) is 0.363. The summed E-state index contributed by atoms with van der Waals surface area (Å²) in [5.74, 6) is -0.551. The first-order valence-corrected chi connectivity index (χ1v) is 15.9. The molecule has 10 heteroatoms. The number of ether oxygens (including phenoxy) is 1. The van der Waals surface area contributed by atoms with Crippen LogP contribution in [-0.2, 0) is 16.0 Å². The fourth-order valence-corrected chi connectivity index (χ4v) is 7.35. The van der Waals surface area contributed by atoms with Crippen LogP contribution >= 0.6 is 11.6 Å². The van der Waals surface area contributed by atoms with E-state index >= 15 is 0 Å². The summed E-state index contributed by atoms with van der Waals surface area (Å²) in [6.07, 6.45) is 4.93. The Morgan fingerprint density at radius 3 is 2.36 bits per heavy atom. The van der Waals surface area contributed by atoms with Crippen LogP contribution in [0.4, 0.5) is 13.2 Å². The van der Waals surface area contributed by atoms with Crippen LogP contribution in [0.25, 0.3) is 11.0 Å². The number of para-hydroxylation sites is 1. The van der Waals surface area contributed by atoms with Crippen molar-refractivity contribution in [3.8, 4) is 5.75 Å². The largest absolute Gasteiger partial charge is 0.490 e. The number of hydrogen-bond donors (Lipinski definition) is 0. The second-order valence-corrected chi connectivity index (χ2v) is 14.0. The van der Waals surface area contributed by atoms with E-state index in [-0.39, 0.29) is 27.4 Å². The predicted octanol–water partition coefficient (Wildman–Crippen LogP) is 9.06. The van der Waals surface area contributed by atoms with Crippen molar-refractivity contribution < 1.29 is 35.5 Å². The Kier molecular flexibility index (Phi) is 8.63. The van der Waals surface area contributed by atoms with E-state index in [0.717, 1.165) is 18.6 Å². The molecule has 2 aliphatic carbocycles. The van der Waals surface area contributed by atoms with Crippen molar-refractivity contribution in [2.45, 2.75) is 80.3 Å². The monoisotopic (exact) mass is 620 g/mol. The van der Waals surface area contributed by atoms with Crippen LogP contribution < -0.4 is 4.74 Å². The lowest BCUT2D eigenvalue weighted by molar-refractivity contribution is -0.137. The fourth-order valence-electron chi connectivity index (χ4n) is 5.58. The van der Waals surface area contributed by atoms with Crippen molar-refractivity contribution >= 4 is 38.2 Å². The van der Waals surface area contributed by atoms with E-state index in [1.165, 1.54) is 18.2 Å². The number of furan rings is 1. The number of halogens is 4. The zero-order valence-corrected chi connectivity index (χ0v) is 24.7. The number of allylic oxidation sites excluding steroid dienone is 3. The molecule has 42 heavy (non-hydrogen) atoms. The van der Waals surface area contributed by atoms with Gasteiger partial charge in [0.15, 0.2) is 5.76 Å². The van der Waals surface area contributed by atoms with Crippen LogP contribution in [0, 0.1) is 5.92 Å². The predicted molar refractivity (Wildman–Crippen MR) is 155 cm³/mol. The molecular formula is C32H32ClF3O5S. The molecule has 1 heterocycles. The molecule has 5 rings (SSSR count). The van der Waals surface area contributed by atoms with Gasteiger partial charge in [-0.05, 0) is 94.3 Å². The first-order chi connectivity index (χ1) is 19.8. The smallest absolute Gasteiger partial charge is 0.416 e. The van der Waals surface area contributed by atoms with E-state index in [2.05, 4.69) is 0 Å². The van der Waals surface area contributed by atoms with E-state index in [0.29, 0.717) is 61.7 Å². The van der Waals surface area contributed by atoms with E-state index in [1.807, 2.05) is 0 Å². The van der Waals surface area contributed by atoms with Crippen molar-refractivity contribution in [2.75, 3.05) is 0 Å². The molecule has 0 N–H and O–H groups in total. The van der Waals surface area contributed by atoms with Crippen LogP contribution in [0.15, 0.2) is 81.0 Å². The van der Waals surface area contributed by atoms with Gasteiger partial charge in [0.05, 0.1) is 21.4 Å². The van der Waals surface area contributed by atoms with Crippen molar-refractivity contribution in [3.05, 3.63) is 83.0 Å². The zero-order chi connectivity index (χ0) is 30.1. The normalized spacial score (nSPS) is 24.0. The summed E-state index contributed by atoms with van der Waals surface area (Å²) in [6, 6.07) is 11.4. The summed E-state index contributed by atoms with van der Waals surface area (Å²) >= 11 is 6.36. The summed E-state index contributed by atoms with van der Waals surface area (Å²) in [7, 11) is -4.08. The Morgan fingerprint density at radius 1 is 1.00 bits per heavy atom. The summed E-state index contributed by atoms with van der Waals surface area (Å²) in [4.78, 5) is 13.2. The van der Waals surface area contributed by atoms with E-state index in [4.69, 9.17) is 20.8 Å². The van der Waals surface area contributed by atoms with Crippen molar-refractivity contribution in [2.24, 2.45) is 5.92 Å². The van der Waals surface area contributed by atoms with Crippen LogP contribution in [0.3, 0.4) is 0 Å². The lowest BCUT2D eigenvalue weighted by atomic mass is 9.91. The van der Waals surface area contributed by atoms with E-state index in [1.54, 1.807) is 43.3 Å². The van der Waals surface area contributed by atoms with Gasteiger partial charge in [0.25, 0.3) is 0 Å². The summed E-state index contributed by atoms with van der Waals surface area (Å²) in [6.45, 7) is 1.80. The van der Waals surface area contributed by atoms with Gasteiger partial charge in [-0.1, -0.05) is 30.7 Å². The molecule has 224 valence electrons. The number of Topliss-reactive ketones (excluding diaryl/α,β-unsaturated/α-hetero) is 1. The average Bonchev–Trinajstić information content (AvgIpc) is 3.38. The van der Waals surface area contributed by atoms with Gasteiger partial charge >= 0.3 is 6.18 Å². The maximum atomic E-state index is 13.9. The van der Waals surface area contributed by atoms with Crippen molar-refractivity contribution in [1.29, 1.82) is 0 Å². The van der Waals surface area contributed by atoms with Crippen molar-refractivity contribution in [3.63, 3.8) is 0 Å². The minimum atomic E-state index is -4.41. The lowest BCUT2D eigenvalue weighted by Crippen LogP contribution is -2.20. The Bertz CT molecular complexity index is 1620. The molecule has 3 aromatic rings. The van der Waals surface area contributed by atoms with Gasteiger partial charge in [-0.25, -0.2) is 8.42 Å². The standard InChI is InChI=1S/C32H32ClF3O5S/c1-31(33)19-17-25(18-20-31)42(38,39)30-26-11-4-5-12-27(26)41-29(30)28(37)21-7-2-3-9-23(10-6-8-21)40-24-15-13-22(14-16-24)32(34,35)36/h4-5,11-19,21,23H,2-3,6-10,20H2,1H3. The van der Waals surface area contributed by atoms with Crippen LogP contribution in [0.2, 0.25) is 0 Å². The number of ketones is 1. The third kappa shape index (κ3) is 6.62. The number of carbonyl (C=O) groups excluding carboxylic acids is 1. The Labute approximate surface area is 248 Å². The van der Waals surface area contributed by atoms with Gasteiger partial charge < -0.3 is 9.15 Å². The molecule has 0 saturated heterocycles. The van der Waals surface area contributed by atoms with Gasteiger partial charge in [-0.2, -0.15) is 13.2 Å². The first-order valence-electron chi connectivity index (χ1n) is 14.1. The highest BCUT2D eigenvalue weighted by Crippen LogP contribution is 2.39. The van der Waals surface area contributed by atoms with Gasteiger partial charge in [0, 0.05) is 11.3 Å². The molecule has 2 aliphatic rings. The molecule has 1 fully saturated rings. The number of rotatable bonds is 6. The molecule has 1 aromatic heterocycles. The summed E-state index contributed by atoms with van der Waals surface area (Å²) in [5.41, 5.74) is -0.402. The second-order valence-electron chi connectivity index (χ2n) is 11.2. The summed E-state index contributed by atoms with van der Waals surface area (Å²) < 4.78 is 78.5. The highest BCUT2D eigenvalue weighted by atomic mass is 35.5. The minimum Gasteiger partial charge on any atom is -0.490 e. The molecule has 0 spiro atoms. The molecule has 2 aromatic carbocycles. The second kappa shape index (κ2) is 11.9. The number of benzene rings is 2. The lowest BCUT2D eigenvalue weighted by Gasteiger charge is -2.20. The quantitative estimate of drug-likeness (QED) is 0.203. The molecule has 0 bridgehead atoms. The number of alkyl halides is 4. The first kappa shape index (κ1) is 30.4. The van der Waals surface area contributed by atoms with Gasteiger partial charge in [0.2, 0.25) is 15.6 Å². The molecule has 0 amide bonds. The van der Waals surface area contributed by atoms with E-state index < -0.39 is 32.4 Å². The number of hydrogen-bond acceptors (Lipinski definition) is 5. The minimum absolute atomic E-state index is 0.0824. The van der Waals surface area contributed by atoms with Crippen LogP contribution in [0.1, 0.15) is 74.4 Å². The fraction of sp³-hybridized carbons (Fsp3) is 0.406. The molecule has 0 aliphatic heterocycles. The highest BCUT2D eigenvalue weighted by Gasteiger charge is 2.36. The Balaban J connectivity index is 1.35. The van der Waals surface area contributed by atoms with Gasteiger partial charge in [-0.3, -0.25) is 4.79 Å². The molecule has 3 atom stereocenters.